The smallest absolute Gasteiger partial charge is 0.261 e. The second-order valence-corrected chi connectivity index (χ2v) is 8.01. The zero-order chi connectivity index (χ0) is 20.1. The molecule has 29 heavy (non-hydrogen) atoms. The topological polar surface area (TPSA) is 74.8 Å². The number of benzene rings is 1. The van der Waals surface area contributed by atoms with Crippen LogP contribution in [0.15, 0.2) is 52.5 Å². The molecule has 8 heteroatoms. The van der Waals surface area contributed by atoms with Gasteiger partial charge in [-0.3, -0.25) is 19.4 Å². The summed E-state index contributed by atoms with van der Waals surface area (Å²) in [7, 11) is 0. The van der Waals surface area contributed by atoms with E-state index in [0.717, 1.165) is 49.9 Å². The van der Waals surface area contributed by atoms with Gasteiger partial charge < -0.3 is 10.1 Å². The minimum absolute atomic E-state index is 0.0116. The molecule has 152 valence electrons. The van der Waals surface area contributed by atoms with Crippen LogP contribution in [0.25, 0.3) is 0 Å². The second-order valence-electron chi connectivity index (χ2n) is 6.97. The van der Waals surface area contributed by atoms with E-state index in [1.165, 1.54) is 11.8 Å². The Balaban J connectivity index is 1.40. The maximum absolute atomic E-state index is 13.1. The quantitative estimate of drug-likeness (QED) is 0.732. The monoisotopic (exact) mass is 412 g/mol. The number of rotatable bonds is 6. The number of anilines is 1. The van der Waals surface area contributed by atoms with Crippen molar-refractivity contribution >= 4 is 29.3 Å². The third-order valence-corrected chi connectivity index (χ3v) is 6.07. The van der Waals surface area contributed by atoms with Gasteiger partial charge in [-0.2, -0.15) is 0 Å². The van der Waals surface area contributed by atoms with Crippen LogP contribution < -0.4 is 10.2 Å². The Morgan fingerprint density at radius 2 is 2.00 bits per heavy atom. The number of carbonyl (C=O) groups excluding carboxylic acids is 2. The van der Waals surface area contributed by atoms with E-state index in [2.05, 4.69) is 15.2 Å². The van der Waals surface area contributed by atoms with Crippen LogP contribution in [0.4, 0.5) is 5.69 Å². The molecule has 0 radical (unpaired) electrons. The van der Waals surface area contributed by atoms with Crippen molar-refractivity contribution in [2.24, 2.45) is 0 Å². The molecule has 3 heterocycles. The maximum Gasteiger partial charge on any atom is 0.261 e. The van der Waals surface area contributed by atoms with E-state index in [1.54, 1.807) is 23.2 Å². The number of pyridine rings is 1. The Morgan fingerprint density at radius 3 is 2.86 bits per heavy atom. The first-order valence-electron chi connectivity index (χ1n) is 9.83. The lowest BCUT2D eigenvalue weighted by Crippen LogP contribution is -2.42. The fourth-order valence-corrected chi connectivity index (χ4v) is 4.49. The minimum Gasteiger partial charge on any atom is -0.379 e. The molecular formula is C21H24N4O3S. The van der Waals surface area contributed by atoms with Gasteiger partial charge in [0.1, 0.15) is 11.6 Å². The summed E-state index contributed by atoms with van der Waals surface area (Å²) in [6.07, 6.45) is 2.55. The normalized spacial score (nSPS) is 16.7. The summed E-state index contributed by atoms with van der Waals surface area (Å²) >= 11 is 1.45. The number of fused-ring (bicyclic) bond motifs is 2. The van der Waals surface area contributed by atoms with Crippen molar-refractivity contribution in [2.45, 2.75) is 16.3 Å². The van der Waals surface area contributed by atoms with Crippen molar-refractivity contribution < 1.29 is 14.3 Å². The second kappa shape index (κ2) is 9.39. The first kappa shape index (κ1) is 19.9. The number of aromatic nitrogens is 1. The highest BCUT2D eigenvalue weighted by atomic mass is 32.2. The molecule has 0 saturated carbocycles. The maximum atomic E-state index is 13.1. The highest BCUT2D eigenvalue weighted by molar-refractivity contribution is 7.99. The Morgan fingerprint density at radius 1 is 1.17 bits per heavy atom. The summed E-state index contributed by atoms with van der Waals surface area (Å²) in [5, 5.41) is 3.62. The Kier molecular flexibility index (Phi) is 6.43. The lowest BCUT2D eigenvalue weighted by atomic mass is 10.2. The molecule has 0 unspecified atom stereocenters. The molecule has 0 bridgehead atoms. The summed E-state index contributed by atoms with van der Waals surface area (Å²) in [6, 6.07) is 11.1. The average Bonchev–Trinajstić information content (AvgIpc) is 2.87. The summed E-state index contributed by atoms with van der Waals surface area (Å²) in [5.41, 5.74) is 1.26. The van der Waals surface area contributed by atoms with Crippen LogP contribution in [-0.2, 0) is 9.53 Å². The van der Waals surface area contributed by atoms with Crippen LogP contribution in [0.2, 0.25) is 0 Å². The van der Waals surface area contributed by atoms with Gasteiger partial charge in [-0.1, -0.05) is 23.9 Å². The minimum atomic E-state index is -0.200. The van der Waals surface area contributed by atoms with Crippen LogP contribution in [0, 0.1) is 0 Å². The summed E-state index contributed by atoms with van der Waals surface area (Å²) in [5.74, 6) is -0.360. The van der Waals surface area contributed by atoms with E-state index in [9.17, 15) is 9.59 Å². The first-order chi connectivity index (χ1) is 14.2. The van der Waals surface area contributed by atoms with Crippen LogP contribution in [0.3, 0.4) is 0 Å². The molecule has 1 N–H and O–H groups in total. The van der Waals surface area contributed by atoms with Crippen molar-refractivity contribution in [3.63, 3.8) is 0 Å². The van der Waals surface area contributed by atoms with Crippen molar-refractivity contribution in [3.05, 3.63) is 48.2 Å². The number of ether oxygens (including phenoxy) is 1. The predicted molar refractivity (Wildman–Crippen MR) is 111 cm³/mol. The highest BCUT2D eigenvalue weighted by Gasteiger charge is 2.29. The van der Waals surface area contributed by atoms with E-state index in [4.69, 9.17) is 4.74 Å². The molecule has 0 aliphatic carbocycles. The van der Waals surface area contributed by atoms with Gasteiger partial charge in [0.05, 0.1) is 24.5 Å². The van der Waals surface area contributed by atoms with Crippen molar-refractivity contribution in [2.75, 3.05) is 50.8 Å². The van der Waals surface area contributed by atoms with Gasteiger partial charge in [0.2, 0.25) is 5.91 Å². The zero-order valence-corrected chi connectivity index (χ0v) is 17.0. The Hall–Kier alpha value is -2.42. The molecule has 2 aromatic rings. The summed E-state index contributed by atoms with van der Waals surface area (Å²) in [4.78, 5) is 34.9. The summed E-state index contributed by atoms with van der Waals surface area (Å²) in [6.45, 7) is 4.95. The number of morpholine rings is 1. The lowest BCUT2D eigenvalue weighted by Gasteiger charge is -2.26. The number of para-hydroxylation sites is 1. The van der Waals surface area contributed by atoms with E-state index >= 15 is 0 Å². The first-order valence-corrected chi connectivity index (χ1v) is 10.6. The number of hydrogen-bond acceptors (Lipinski definition) is 6. The fourth-order valence-electron chi connectivity index (χ4n) is 3.47. The van der Waals surface area contributed by atoms with Gasteiger partial charge >= 0.3 is 0 Å². The van der Waals surface area contributed by atoms with Gasteiger partial charge in [-0.05, 0) is 37.2 Å². The van der Waals surface area contributed by atoms with Gasteiger partial charge in [0.15, 0.2) is 0 Å². The third kappa shape index (κ3) is 4.77. The standard InChI is InChI=1S/C21H24N4O3S/c26-19(22-9-4-10-24-11-13-28-14-12-24)15-25-17-6-1-2-7-18(17)29-20-16(21(25)27)5-3-8-23-20/h1-3,5-8H,4,9-15H2,(H,22,26). The third-order valence-electron chi connectivity index (χ3n) is 4.99. The number of nitrogens with zero attached hydrogens (tertiary/aromatic N) is 3. The molecule has 4 rings (SSSR count). The van der Waals surface area contributed by atoms with Crippen LogP contribution in [-0.4, -0.2) is 67.6 Å². The van der Waals surface area contributed by atoms with Gasteiger partial charge in [-0.15, -0.1) is 0 Å². The van der Waals surface area contributed by atoms with Gasteiger partial charge in [0, 0.05) is 30.7 Å². The molecular weight excluding hydrogens is 388 g/mol. The molecule has 0 spiro atoms. The van der Waals surface area contributed by atoms with E-state index in [0.29, 0.717) is 17.1 Å². The molecule has 0 atom stereocenters. The van der Waals surface area contributed by atoms with Crippen LogP contribution in [0.1, 0.15) is 16.8 Å². The number of amides is 2. The van der Waals surface area contributed by atoms with Crippen molar-refractivity contribution in [1.82, 2.24) is 15.2 Å². The number of carbonyl (C=O) groups is 2. The SMILES string of the molecule is O=C(CN1C(=O)c2cccnc2Sc2ccccc21)NCCCN1CCOCC1. The zero-order valence-electron chi connectivity index (χ0n) is 16.2. The average molecular weight is 413 g/mol. The Labute approximate surface area is 174 Å². The number of hydrogen-bond donors (Lipinski definition) is 1. The van der Waals surface area contributed by atoms with Gasteiger partial charge in [-0.25, -0.2) is 4.98 Å². The molecule has 2 amide bonds. The fraction of sp³-hybridized carbons (Fsp3) is 0.381. The van der Waals surface area contributed by atoms with Crippen LogP contribution in [0.5, 0.6) is 0 Å². The molecule has 1 aromatic carbocycles. The van der Waals surface area contributed by atoms with Crippen molar-refractivity contribution in [3.8, 4) is 0 Å². The summed E-state index contributed by atoms with van der Waals surface area (Å²) < 4.78 is 5.35. The number of nitrogens with one attached hydrogen (secondary N) is 1. The van der Waals surface area contributed by atoms with Gasteiger partial charge in [0.25, 0.3) is 5.91 Å². The lowest BCUT2D eigenvalue weighted by molar-refractivity contribution is -0.119. The highest BCUT2D eigenvalue weighted by Crippen LogP contribution is 2.39. The molecule has 1 fully saturated rings. The van der Waals surface area contributed by atoms with E-state index in [1.807, 2.05) is 24.3 Å². The van der Waals surface area contributed by atoms with Crippen molar-refractivity contribution in [1.29, 1.82) is 0 Å². The predicted octanol–water partition coefficient (Wildman–Crippen LogP) is 2.03. The van der Waals surface area contributed by atoms with Crippen LogP contribution >= 0.6 is 11.8 Å². The molecule has 2 aliphatic rings. The molecule has 2 aliphatic heterocycles. The molecule has 1 aromatic heterocycles. The van der Waals surface area contributed by atoms with E-state index < -0.39 is 0 Å². The van der Waals surface area contributed by atoms with E-state index in [-0.39, 0.29) is 18.4 Å². The molecule has 7 nitrogen and oxygen atoms in total. The largest absolute Gasteiger partial charge is 0.379 e. The Bertz CT molecular complexity index is 886. The molecule has 1 saturated heterocycles.